The monoisotopic (exact) mass is 550 g/mol. The number of benzene rings is 2. The largest absolute Gasteiger partial charge is 0.478 e. The molecule has 2 aromatic carbocycles. The molecule has 0 atom stereocenters. The van der Waals surface area contributed by atoms with Crippen molar-refractivity contribution in [3.8, 4) is 11.1 Å². The van der Waals surface area contributed by atoms with Gasteiger partial charge in [0.1, 0.15) is 5.82 Å². The van der Waals surface area contributed by atoms with Gasteiger partial charge in [-0.15, -0.1) is 0 Å². The first-order valence-corrected chi connectivity index (χ1v) is 12.9. The van der Waals surface area contributed by atoms with E-state index in [-0.39, 0.29) is 28.0 Å². The van der Waals surface area contributed by atoms with E-state index >= 15 is 0 Å². The number of carboxylic acids is 2. The molecule has 2 heterocycles. The molecule has 0 amide bonds. The van der Waals surface area contributed by atoms with E-state index in [1.54, 1.807) is 36.7 Å². The number of rotatable bonds is 8. The number of aromatic nitrogens is 2. The Kier molecular flexibility index (Phi) is 9.24. The highest BCUT2D eigenvalue weighted by Crippen LogP contribution is 2.29. The number of nitrogens with zero attached hydrogens (tertiary/aromatic N) is 2. The molecule has 0 aliphatic carbocycles. The molecule has 2 aromatic heterocycles. The van der Waals surface area contributed by atoms with E-state index in [1.807, 2.05) is 6.07 Å². The number of hydrogen-bond donors (Lipinski definition) is 2. The molecule has 4 aromatic rings. The van der Waals surface area contributed by atoms with Crippen molar-refractivity contribution in [2.45, 2.75) is 6.92 Å². The van der Waals surface area contributed by atoms with Gasteiger partial charge in [0.2, 0.25) is 10.0 Å². The van der Waals surface area contributed by atoms with Crippen LogP contribution in [0.5, 0.6) is 0 Å². The van der Waals surface area contributed by atoms with Gasteiger partial charge in [-0.25, -0.2) is 22.4 Å². The zero-order valence-electron chi connectivity index (χ0n) is 20.6. The summed E-state index contributed by atoms with van der Waals surface area (Å²) in [6.07, 6.45) is 9.79. The molecule has 4 rings (SSSR count). The fourth-order valence-corrected chi connectivity index (χ4v) is 4.56. The van der Waals surface area contributed by atoms with Crippen molar-refractivity contribution in [1.82, 2.24) is 8.96 Å². The summed E-state index contributed by atoms with van der Waals surface area (Å²) in [4.78, 5) is 36.7. The Morgan fingerprint density at radius 1 is 1.00 bits per heavy atom. The van der Waals surface area contributed by atoms with E-state index in [0.29, 0.717) is 17.4 Å². The Hall–Kier alpha value is -4.90. The first kappa shape index (κ1) is 28.7. The highest BCUT2D eigenvalue weighted by atomic mass is 32.2. The fourth-order valence-electron chi connectivity index (χ4n) is 3.52. The Bertz CT molecular complexity index is 1650. The minimum Gasteiger partial charge on any atom is -0.478 e. The topological polar surface area (TPSA) is 144 Å². The number of aldehydes is 1. The smallest absolute Gasteiger partial charge is 0.335 e. The maximum absolute atomic E-state index is 13.8. The fraction of sp³-hybridized carbons (Fsp3) is 0.0714. The quantitative estimate of drug-likeness (QED) is 0.298. The number of carboxylic acid groups (broad SMARTS) is 2. The van der Waals surface area contributed by atoms with Crippen LogP contribution in [-0.2, 0) is 10.0 Å². The van der Waals surface area contributed by atoms with E-state index in [4.69, 9.17) is 10.2 Å². The van der Waals surface area contributed by atoms with Gasteiger partial charge in [-0.2, -0.15) is 0 Å². The molecule has 0 aliphatic heterocycles. The molecule has 0 saturated carbocycles. The molecule has 39 heavy (non-hydrogen) atoms. The van der Waals surface area contributed by atoms with Crippen molar-refractivity contribution in [2.75, 3.05) is 5.75 Å². The maximum Gasteiger partial charge on any atom is 0.335 e. The molecular formula is C28H23FN2O7S. The molecule has 2 N–H and O–H groups in total. The zero-order chi connectivity index (χ0) is 28.6. The molecule has 0 aliphatic rings. The third kappa shape index (κ3) is 7.33. The van der Waals surface area contributed by atoms with Gasteiger partial charge in [-0.05, 0) is 53.9 Å². The van der Waals surface area contributed by atoms with Gasteiger partial charge in [0, 0.05) is 35.9 Å². The molecule has 9 nitrogen and oxygen atoms in total. The SMILES string of the molecule is Cc1c(C(=O)O)cc(C(=O)O)cc1-c1ccccc1F.O=Cc1ccn(S(=O)(=O)CC=Cc2cccnc2)c1. The Morgan fingerprint density at radius 2 is 1.74 bits per heavy atom. The predicted octanol–water partition coefficient (Wildman–Crippen LogP) is 4.78. The maximum atomic E-state index is 13.8. The lowest BCUT2D eigenvalue weighted by atomic mass is 9.93. The van der Waals surface area contributed by atoms with Crippen LogP contribution in [0.4, 0.5) is 4.39 Å². The molecule has 0 radical (unpaired) electrons. The van der Waals surface area contributed by atoms with Crippen molar-refractivity contribution in [3.63, 3.8) is 0 Å². The van der Waals surface area contributed by atoms with E-state index in [0.717, 1.165) is 15.6 Å². The van der Waals surface area contributed by atoms with E-state index in [2.05, 4.69) is 4.98 Å². The highest BCUT2D eigenvalue weighted by molar-refractivity contribution is 7.90. The molecule has 0 fully saturated rings. The normalized spacial score (nSPS) is 11.0. The van der Waals surface area contributed by atoms with Crippen LogP contribution in [0.2, 0.25) is 0 Å². The minimum absolute atomic E-state index is 0.144. The van der Waals surface area contributed by atoms with Crippen molar-refractivity contribution >= 4 is 34.3 Å². The summed E-state index contributed by atoms with van der Waals surface area (Å²) >= 11 is 0. The van der Waals surface area contributed by atoms with Crippen LogP contribution >= 0.6 is 0 Å². The number of pyridine rings is 1. The van der Waals surface area contributed by atoms with Crippen LogP contribution in [0.1, 0.15) is 42.2 Å². The first-order valence-electron chi connectivity index (χ1n) is 11.3. The molecule has 0 bridgehead atoms. The van der Waals surface area contributed by atoms with Gasteiger partial charge in [0.05, 0.1) is 16.9 Å². The summed E-state index contributed by atoms with van der Waals surface area (Å²) in [5.74, 6) is -3.18. The van der Waals surface area contributed by atoms with Gasteiger partial charge < -0.3 is 10.2 Å². The first-order chi connectivity index (χ1) is 18.5. The standard InChI is InChI=1S/C15H11FO4.C13H12N2O3S/c1-8-11(10-4-2-3-5-13(10)16)6-9(14(17)18)7-12(8)15(19)20;16-11-13-5-7-15(10-13)19(17,18)8-2-4-12-3-1-6-14-9-12/h2-7H,1H3,(H,17,18)(H,19,20);1-7,9-11H,8H2. The van der Waals surface area contributed by atoms with Crippen LogP contribution < -0.4 is 0 Å². The lowest BCUT2D eigenvalue weighted by Gasteiger charge is -2.11. The summed E-state index contributed by atoms with van der Waals surface area (Å²) < 4.78 is 38.7. The van der Waals surface area contributed by atoms with Crippen molar-refractivity contribution in [2.24, 2.45) is 0 Å². The van der Waals surface area contributed by atoms with Crippen LogP contribution in [0.25, 0.3) is 17.2 Å². The van der Waals surface area contributed by atoms with Gasteiger partial charge in [-0.1, -0.05) is 36.4 Å². The number of carbonyl (C=O) groups is 3. The Balaban J connectivity index is 0.000000216. The van der Waals surface area contributed by atoms with Gasteiger partial charge >= 0.3 is 11.9 Å². The third-order valence-corrected chi connectivity index (χ3v) is 6.98. The molecular weight excluding hydrogens is 527 g/mol. The average molecular weight is 551 g/mol. The number of carbonyl (C=O) groups excluding carboxylic acids is 1. The van der Waals surface area contributed by atoms with Crippen LogP contribution in [0.15, 0.2) is 85.5 Å². The van der Waals surface area contributed by atoms with Crippen LogP contribution in [0, 0.1) is 12.7 Å². The van der Waals surface area contributed by atoms with E-state index in [1.165, 1.54) is 49.6 Å². The number of halogens is 1. The molecule has 0 unspecified atom stereocenters. The highest BCUT2D eigenvalue weighted by Gasteiger charge is 2.18. The number of aromatic carboxylic acids is 2. The number of hydrogen-bond acceptors (Lipinski definition) is 6. The predicted molar refractivity (Wildman–Crippen MR) is 143 cm³/mol. The summed E-state index contributed by atoms with van der Waals surface area (Å²) in [6, 6.07) is 13.2. The second-order valence-corrected chi connectivity index (χ2v) is 10.1. The summed E-state index contributed by atoms with van der Waals surface area (Å²) in [5.41, 5.74) is 1.59. The minimum atomic E-state index is -3.47. The molecule has 0 saturated heterocycles. The van der Waals surface area contributed by atoms with Gasteiger partial charge in [0.25, 0.3) is 0 Å². The van der Waals surface area contributed by atoms with E-state index < -0.39 is 27.8 Å². The summed E-state index contributed by atoms with van der Waals surface area (Å²) in [7, 11) is -3.47. The average Bonchev–Trinajstić information content (AvgIpc) is 3.41. The van der Waals surface area contributed by atoms with Crippen molar-refractivity contribution in [3.05, 3.63) is 119 Å². The van der Waals surface area contributed by atoms with Gasteiger partial charge in [-0.3, -0.25) is 13.8 Å². The van der Waals surface area contributed by atoms with Crippen LogP contribution in [-0.4, -0.2) is 51.6 Å². The van der Waals surface area contributed by atoms with Crippen molar-refractivity contribution < 1.29 is 37.4 Å². The molecule has 0 spiro atoms. The zero-order valence-corrected chi connectivity index (χ0v) is 21.4. The Morgan fingerprint density at radius 3 is 2.33 bits per heavy atom. The second-order valence-electron chi connectivity index (χ2n) is 8.15. The lowest BCUT2D eigenvalue weighted by Crippen LogP contribution is -2.13. The lowest BCUT2D eigenvalue weighted by molar-refractivity contribution is 0.0695. The van der Waals surface area contributed by atoms with E-state index in [9.17, 15) is 27.2 Å². The Labute approximate surface area is 223 Å². The third-order valence-electron chi connectivity index (χ3n) is 5.50. The van der Waals surface area contributed by atoms with Crippen LogP contribution in [0.3, 0.4) is 0 Å². The summed E-state index contributed by atoms with van der Waals surface area (Å²) in [5, 5.41) is 18.2. The molecule has 200 valence electrons. The van der Waals surface area contributed by atoms with Gasteiger partial charge in [0.15, 0.2) is 6.29 Å². The van der Waals surface area contributed by atoms with Crippen molar-refractivity contribution in [1.29, 1.82) is 0 Å². The molecule has 11 heteroatoms. The second kappa shape index (κ2) is 12.6. The summed E-state index contributed by atoms with van der Waals surface area (Å²) in [6.45, 7) is 1.52.